The third kappa shape index (κ3) is 10.9. The van der Waals surface area contributed by atoms with Gasteiger partial charge < -0.3 is 9.42 Å². The van der Waals surface area contributed by atoms with Gasteiger partial charge in [0.15, 0.2) is 0 Å². The Hall–Kier alpha value is -0.340. The largest absolute Gasteiger partial charge is 0.343 e. The Morgan fingerprint density at radius 2 is 1.43 bits per heavy atom. The van der Waals surface area contributed by atoms with Crippen LogP contribution >= 0.6 is 7.37 Å². The molecule has 138 valence electrons. The zero-order valence-electron chi connectivity index (χ0n) is 15.8. The van der Waals surface area contributed by atoms with Crippen LogP contribution in [0.4, 0.5) is 0 Å². The van der Waals surface area contributed by atoms with Crippen molar-refractivity contribution in [1.82, 2.24) is 4.90 Å². The molecule has 23 heavy (non-hydrogen) atoms. The molecule has 0 aliphatic carbocycles. The molecular formula is C18H38NO3P. The molecule has 5 heteroatoms. The third-order valence-corrected chi connectivity index (χ3v) is 6.57. The van der Waals surface area contributed by atoms with Gasteiger partial charge in [0.2, 0.25) is 13.3 Å². The highest BCUT2D eigenvalue weighted by molar-refractivity contribution is 7.59. The van der Waals surface area contributed by atoms with Crippen molar-refractivity contribution in [2.45, 2.75) is 79.1 Å². The van der Waals surface area contributed by atoms with E-state index in [9.17, 15) is 9.36 Å². The number of rotatable bonds is 15. The molecule has 0 bridgehead atoms. The van der Waals surface area contributed by atoms with Crippen molar-refractivity contribution in [3.8, 4) is 0 Å². The summed E-state index contributed by atoms with van der Waals surface area (Å²) in [5.74, 6) is -0.0256. The number of unbranched alkanes of at least 4 members (excludes halogenated alkanes) is 6. The zero-order chi connectivity index (χ0) is 17.6. The summed E-state index contributed by atoms with van der Waals surface area (Å²) >= 11 is 0. The predicted molar refractivity (Wildman–Crippen MR) is 99.5 cm³/mol. The summed E-state index contributed by atoms with van der Waals surface area (Å²) in [6.07, 6.45) is 9.30. The molecular weight excluding hydrogens is 309 g/mol. The van der Waals surface area contributed by atoms with Crippen LogP contribution in [0, 0.1) is 0 Å². The lowest BCUT2D eigenvalue weighted by Crippen LogP contribution is -2.33. The quantitative estimate of drug-likeness (QED) is 0.298. The van der Waals surface area contributed by atoms with Crippen LogP contribution in [0.25, 0.3) is 0 Å². The SMILES string of the molecule is CCCCCCOP(=O)(CCCCCC)CC(=O)N(CC)CC. The molecule has 0 saturated carbocycles. The van der Waals surface area contributed by atoms with E-state index in [-0.39, 0.29) is 12.1 Å². The lowest BCUT2D eigenvalue weighted by molar-refractivity contribution is -0.128. The first-order valence-corrected chi connectivity index (χ1v) is 11.5. The molecule has 0 fully saturated rings. The van der Waals surface area contributed by atoms with E-state index in [0.29, 0.717) is 25.9 Å². The van der Waals surface area contributed by atoms with Crippen LogP contribution in [0.15, 0.2) is 0 Å². The Bertz CT molecular complexity index is 343. The van der Waals surface area contributed by atoms with E-state index in [0.717, 1.165) is 38.5 Å². The van der Waals surface area contributed by atoms with Gasteiger partial charge >= 0.3 is 0 Å². The molecule has 1 amide bonds. The van der Waals surface area contributed by atoms with E-state index in [4.69, 9.17) is 4.52 Å². The monoisotopic (exact) mass is 347 g/mol. The van der Waals surface area contributed by atoms with E-state index in [1.807, 2.05) is 13.8 Å². The number of amides is 1. The second-order valence-electron chi connectivity index (χ2n) is 6.22. The van der Waals surface area contributed by atoms with E-state index >= 15 is 0 Å². The minimum atomic E-state index is -2.84. The third-order valence-electron chi connectivity index (χ3n) is 4.17. The number of nitrogens with zero attached hydrogens (tertiary/aromatic N) is 1. The molecule has 0 aromatic heterocycles. The Morgan fingerprint density at radius 3 is 1.96 bits per heavy atom. The molecule has 0 aliphatic heterocycles. The summed E-state index contributed by atoms with van der Waals surface area (Å²) in [6.45, 7) is 10.1. The van der Waals surface area contributed by atoms with Gasteiger partial charge in [-0.3, -0.25) is 9.36 Å². The van der Waals surface area contributed by atoms with Crippen molar-refractivity contribution >= 4 is 13.3 Å². The van der Waals surface area contributed by atoms with Crippen LogP contribution in [0.3, 0.4) is 0 Å². The summed E-state index contributed by atoms with van der Waals surface area (Å²) in [5.41, 5.74) is 0. The molecule has 0 spiro atoms. The van der Waals surface area contributed by atoms with Crippen molar-refractivity contribution in [3.05, 3.63) is 0 Å². The minimum Gasteiger partial charge on any atom is -0.343 e. The van der Waals surface area contributed by atoms with Crippen molar-refractivity contribution in [2.75, 3.05) is 32.0 Å². The van der Waals surface area contributed by atoms with E-state index in [1.54, 1.807) is 4.90 Å². The highest BCUT2D eigenvalue weighted by Crippen LogP contribution is 2.48. The molecule has 0 rings (SSSR count). The van der Waals surface area contributed by atoms with E-state index < -0.39 is 7.37 Å². The number of carbonyl (C=O) groups excluding carboxylic acids is 1. The fourth-order valence-corrected chi connectivity index (χ4v) is 4.77. The topological polar surface area (TPSA) is 46.6 Å². The first kappa shape index (κ1) is 22.7. The lowest BCUT2D eigenvalue weighted by Gasteiger charge is -2.23. The summed E-state index contributed by atoms with van der Waals surface area (Å²) in [7, 11) is -2.84. The smallest absolute Gasteiger partial charge is 0.232 e. The minimum absolute atomic E-state index is 0.0256. The molecule has 1 unspecified atom stereocenters. The number of carbonyl (C=O) groups is 1. The molecule has 0 heterocycles. The Kier molecular flexibility index (Phi) is 13.8. The van der Waals surface area contributed by atoms with Gasteiger partial charge in [-0.25, -0.2) is 0 Å². The maximum atomic E-state index is 13.1. The van der Waals surface area contributed by atoms with Gasteiger partial charge in [-0.05, 0) is 26.7 Å². The summed E-state index contributed by atoms with van der Waals surface area (Å²) in [6, 6.07) is 0. The Morgan fingerprint density at radius 1 is 0.870 bits per heavy atom. The summed E-state index contributed by atoms with van der Waals surface area (Å²) in [4.78, 5) is 14.1. The van der Waals surface area contributed by atoms with Crippen LogP contribution in [0.2, 0.25) is 0 Å². The summed E-state index contributed by atoms with van der Waals surface area (Å²) < 4.78 is 18.9. The molecule has 0 aromatic rings. The molecule has 0 aliphatic rings. The van der Waals surface area contributed by atoms with Crippen LogP contribution in [-0.2, 0) is 13.9 Å². The summed E-state index contributed by atoms with van der Waals surface area (Å²) in [5, 5.41) is 0. The van der Waals surface area contributed by atoms with Gasteiger partial charge in [-0.1, -0.05) is 52.4 Å². The first-order chi connectivity index (χ1) is 11.0. The molecule has 1 atom stereocenters. The normalized spacial score (nSPS) is 13.7. The highest BCUT2D eigenvalue weighted by Gasteiger charge is 2.28. The Balaban J connectivity index is 4.51. The average Bonchev–Trinajstić information content (AvgIpc) is 2.52. The van der Waals surface area contributed by atoms with Gasteiger partial charge in [0.25, 0.3) is 0 Å². The van der Waals surface area contributed by atoms with Crippen LogP contribution in [-0.4, -0.2) is 42.8 Å². The number of hydrogen-bond donors (Lipinski definition) is 0. The van der Waals surface area contributed by atoms with Crippen LogP contribution < -0.4 is 0 Å². The van der Waals surface area contributed by atoms with Gasteiger partial charge in [0.1, 0.15) is 6.16 Å². The van der Waals surface area contributed by atoms with Crippen molar-refractivity contribution in [2.24, 2.45) is 0 Å². The van der Waals surface area contributed by atoms with Gasteiger partial charge in [-0.15, -0.1) is 0 Å². The maximum Gasteiger partial charge on any atom is 0.232 e. The first-order valence-electron chi connectivity index (χ1n) is 9.53. The van der Waals surface area contributed by atoms with Gasteiger partial charge in [-0.2, -0.15) is 0 Å². The van der Waals surface area contributed by atoms with Crippen molar-refractivity contribution in [3.63, 3.8) is 0 Å². The molecule has 0 aromatic carbocycles. The fourth-order valence-electron chi connectivity index (χ4n) is 2.61. The lowest BCUT2D eigenvalue weighted by atomic mass is 10.2. The Labute approximate surface area is 143 Å². The highest BCUT2D eigenvalue weighted by atomic mass is 31.2. The molecule has 0 radical (unpaired) electrons. The molecule has 0 N–H and O–H groups in total. The standard InChI is InChI=1S/C18H38NO3P/c1-5-9-11-13-15-22-23(21,16-14-12-10-6-2)17-18(20)19(7-3)8-4/h5-17H2,1-4H3. The van der Waals surface area contributed by atoms with Crippen molar-refractivity contribution < 1.29 is 13.9 Å². The predicted octanol–water partition coefficient (Wildman–Crippen LogP) is 5.31. The zero-order valence-corrected chi connectivity index (χ0v) is 16.7. The van der Waals surface area contributed by atoms with E-state index in [2.05, 4.69) is 13.8 Å². The van der Waals surface area contributed by atoms with Gasteiger partial charge in [0.05, 0.1) is 6.61 Å². The van der Waals surface area contributed by atoms with Crippen molar-refractivity contribution in [1.29, 1.82) is 0 Å². The second kappa shape index (κ2) is 14.0. The molecule has 0 saturated heterocycles. The van der Waals surface area contributed by atoms with Crippen LogP contribution in [0.5, 0.6) is 0 Å². The van der Waals surface area contributed by atoms with Crippen LogP contribution in [0.1, 0.15) is 79.1 Å². The average molecular weight is 347 g/mol. The fraction of sp³-hybridized carbons (Fsp3) is 0.944. The van der Waals surface area contributed by atoms with E-state index in [1.165, 1.54) is 12.8 Å². The van der Waals surface area contributed by atoms with Gasteiger partial charge in [0, 0.05) is 19.3 Å². The molecule has 4 nitrogen and oxygen atoms in total. The maximum absolute atomic E-state index is 13.1. The second-order valence-corrected chi connectivity index (χ2v) is 8.87. The number of hydrogen-bond acceptors (Lipinski definition) is 3.